The predicted molar refractivity (Wildman–Crippen MR) is 132 cm³/mol. The fourth-order valence-electron chi connectivity index (χ4n) is 4.63. The number of rotatable bonds is 9. The first-order chi connectivity index (χ1) is 18.9. The zero-order valence-electron chi connectivity index (χ0n) is 24.5. The minimum atomic E-state index is -1.52. The van der Waals surface area contributed by atoms with Crippen molar-refractivity contribution in [3.05, 3.63) is 0 Å². The summed E-state index contributed by atoms with van der Waals surface area (Å²) in [6.45, 7) is 11.3. The molecule has 0 aromatic carbocycles. The van der Waals surface area contributed by atoms with Crippen molar-refractivity contribution in [2.24, 2.45) is 5.92 Å². The first kappa shape index (κ1) is 33.9. The molecule has 0 aromatic heterocycles. The number of hydrogen-bond acceptors (Lipinski definition) is 15. The summed E-state index contributed by atoms with van der Waals surface area (Å²) in [5, 5.41) is 0. The van der Waals surface area contributed by atoms with Crippen LogP contribution in [0.3, 0.4) is 0 Å². The van der Waals surface area contributed by atoms with Gasteiger partial charge < -0.3 is 42.6 Å². The molecule has 41 heavy (non-hydrogen) atoms. The summed E-state index contributed by atoms with van der Waals surface area (Å²) in [5.41, 5.74) is -1.33. The van der Waals surface area contributed by atoms with E-state index < -0.39 is 96.5 Å². The number of hydrogen-bond donors (Lipinski definition) is 0. The maximum absolute atomic E-state index is 12.1. The van der Waals surface area contributed by atoms with Crippen LogP contribution in [0.25, 0.3) is 0 Å². The molecule has 232 valence electrons. The quantitative estimate of drug-likeness (QED) is 0.270. The lowest BCUT2D eigenvalue weighted by atomic mass is 9.81. The van der Waals surface area contributed by atoms with E-state index in [0.29, 0.717) is 0 Å². The Hall–Kier alpha value is -3.30. The minimum absolute atomic E-state index is 0.289. The van der Waals surface area contributed by atoms with E-state index in [-0.39, 0.29) is 6.61 Å². The highest BCUT2D eigenvalue weighted by Gasteiger charge is 2.58. The van der Waals surface area contributed by atoms with E-state index in [1.807, 2.05) is 0 Å². The molecule has 15 nitrogen and oxygen atoms in total. The molecule has 15 heteroatoms. The lowest BCUT2D eigenvalue weighted by molar-refractivity contribution is -0.364. The van der Waals surface area contributed by atoms with Gasteiger partial charge in [0.15, 0.2) is 18.5 Å². The zero-order chi connectivity index (χ0) is 31.2. The second kappa shape index (κ2) is 14.0. The third kappa shape index (κ3) is 9.10. The smallest absolute Gasteiger partial charge is 0.305 e. The lowest BCUT2D eigenvalue weighted by Crippen LogP contribution is -2.67. The molecule has 10 atom stereocenters. The summed E-state index contributed by atoms with van der Waals surface area (Å²) in [6, 6.07) is 0. The molecule has 2 rings (SSSR count). The van der Waals surface area contributed by atoms with Crippen LogP contribution in [-0.4, -0.2) is 97.2 Å². The molecule has 2 heterocycles. The summed E-state index contributed by atoms with van der Waals surface area (Å²) >= 11 is 0. The molecule has 2 saturated heterocycles. The molecule has 0 N–H and O–H groups in total. The van der Waals surface area contributed by atoms with E-state index in [4.69, 9.17) is 42.6 Å². The topological polar surface area (TPSA) is 185 Å². The van der Waals surface area contributed by atoms with Crippen molar-refractivity contribution in [2.75, 3.05) is 6.61 Å². The van der Waals surface area contributed by atoms with Crippen LogP contribution in [0.15, 0.2) is 0 Å². The zero-order valence-corrected chi connectivity index (χ0v) is 24.5. The average molecular weight is 591 g/mol. The molecule has 2 aliphatic rings. The first-order valence-electron chi connectivity index (χ1n) is 12.9. The minimum Gasteiger partial charge on any atom is -0.463 e. The van der Waals surface area contributed by atoms with Crippen LogP contribution < -0.4 is 0 Å². The maximum Gasteiger partial charge on any atom is 0.305 e. The molecule has 0 amide bonds. The monoisotopic (exact) mass is 590 g/mol. The van der Waals surface area contributed by atoms with Crippen LogP contribution in [0.4, 0.5) is 0 Å². The highest BCUT2D eigenvalue weighted by Crippen LogP contribution is 2.40. The third-order valence-electron chi connectivity index (χ3n) is 6.50. The highest BCUT2D eigenvalue weighted by atomic mass is 16.8. The second-order valence-electron chi connectivity index (χ2n) is 10.1. The van der Waals surface area contributed by atoms with Gasteiger partial charge in [-0.25, -0.2) is 0 Å². The average Bonchev–Trinajstić information content (AvgIpc) is 2.81. The molecule has 0 bridgehead atoms. The van der Waals surface area contributed by atoms with E-state index in [9.17, 15) is 28.8 Å². The Labute approximate surface area is 237 Å². The second-order valence-corrected chi connectivity index (χ2v) is 10.1. The summed E-state index contributed by atoms with van der Waals surface area (Å²) in [7, 11) is 0. The van der Waals surface area contributed by atoms with Crippen molar-refractivity contribution in [1.29, 1.82) is 0 Å². The van der Waals surface area contributed by atoms with Crippen LogP contribution in [0.2, 0.25) is 0 Å². The number of carbonyl (C=O) groups is 6. The van der Waals surface area contributed by atoms with Gasteiger partial charge in [0.2, 0.25) is 12.4 Å². The van der Waals surface area contributed by atoms with Crippen molar-refractivity contribution in [3.8, 4) is 0 Å². The van der Waals surface area contributed by atoms with Gasteiger partial charge in [0.1, 0.15) is 24.4 Å². The van der Waals surface area contributed by atoms with Crippen LogP contribution in [-0.2, 0) is 71.4 Å². The Balaban J connectivity index is 2.58. The number of esters is 6. The van der Waals surface area contributed by atoms with Crippen molar-refractivity contribution >= 4 is 35.8 Å². The Kier molecular flexibility index (Phi) is 11.6. The Bertz CT molecular complexity index is 1010. The molecule has 0 spiro atoms. The van der Waals surface area contributed by atoms with Crippen molar-refractivity contribution < 1.29 is 71.4 Å². The fourth-order valence-corrected chi connectivity index (χ4v) is 4.63. The van der Waals surface area contributed by atoms with Gasteiger partial charge in [0, 0.05) is 47.5 Å². The molecular formula is C26H38O15. The molecule has 2 aliphatic heterocycles. The van der Waals surface area contributed by atoms with Crippen molar-refractivity contribution in [1.82, 2.24) is 0 Å². The molecule has 2 fully saturated rings. The van der Waals surface area contributed by atoms with Crippen molar-refractivity contribution in [3.63, 3.8) is 0 Å². The molecule has 0 radical (unpaired) electrons. The van der Waals surface area contributed by atoms with Gasteiger partial charge in [0.05, 0.1) is 6.10 Å². The van der Waals surface area contributed by atoms with Gasteiger partial charge in [-0.15, -0.1) is 0 Å². The van der Waals surface area contributed by atoms with Gasteiger partial charge in [-0.05, 0) is 13.8 Å². The predicted octanol–water partition coefficient (Wildman–Crippen LogP) is 0.721. The largest absolute Gasteiger partial charge is 0.463 e. The first-order valence-corrected chi connectivity index (χ1v) is 12.9. The fraction of sp³-hybridized carbons (Fsp3) is 0.769. The highest BCUT2D eigenvalue weighted by molar-refractivity contribution is 5.69. The van der Waals surface area contributed by atoms with Crippen molar-refractivity contribution in [2.45, 2.75) is 117 Å². The molecule has 0 saturated carbocycles. The standard InChI is InChI=1S/C26H38O15/c1-11-19(35-14(4)28)22(37-16(6)30)25(41-26(11,9)10-33-13(3)27)40-20-12(2)34-24(39-18(8)32)23(38-17(7)31)21(20)36-15(5)29/h11-12,19-25H,10H2,1-9H3/t11-,12?,19-,20+,21-,22-,23?,24-,25?,26?/m0/s1. The molecule has 0 aliphatic carbocycles. The van der Waals surface area contributed by atoms with Gasteiger partial charge in [-0.2, -0.15) is 0 Å². The van der Waals surface area contributed by atoms with Crippen LogP contribution in [0, 0.1) is 5.92 Å². The Morgan fingerprint density at radius 3 is 1.49 bits per heavy atom. The van der Waals surface area contributed by atoms with E-state index in [0.717, 1.165) is 27.7 Å². The van der Waals surface area contributed by atoms with Crippen LogP contribution in [0.5, 0.6) is 0 Å². The van der Waals surface area contributed by atoms with Gasteiger partial charge in [-0.3, -0.25) is 28.8 Å². The Morgan fingerprint density at radius 1 is 0.585 bits per heavy atom. The maximum atomic E-state index is 12.1. The normalized spacial score (nSPS) is 34.9. The van der Waals surface area contributed by atoms with E-state index in [2.05, 4.69) is 0 Å². The molecule has 0 aromatic rings. The van der Waals surface area contributed by atoms with Gasteiger partial charge >= 0.3 is 35.8 Å². The molecule has 4 unspecified atom stereocenters. The lowest BCUT2D eigenvalue weighted by Gasteiger charge is -2.51. The summed E-state index contributed by atoms with van der Waals surface area (Å²) in [6.07, 6.45) is -10.6. The van der Waals surface area contributed by atoms with Crippen LogP contribution >= 0.6 is 0 Å². The summed E-state index contributed by atoms with van der Waals surface area (Å²) < 4.78 is 50.4. The number of carbonyl (C=O) groups excluding carboxylic acids is 6. The third-order valence-corrected chi connectivity index (χ3v) is 6.50. The van der Waals surface area contributed by atoms with Crippen LogP contribution in [0.1, 0.15) is 62.3 Å². The number of ether oxygens (including phenoxy) is 9. The molecular weight excluding hydrogens is 552 g/mol. The van der Waals surface area contributed by atoms with E-state index in [1.165, 1.54) is 20.8 Å². The summed E-state index contributed by atoms with van der Waals surface area (Å²) in [4.78, 5) is 71.6. The van der Waals surface area contributed by atoms with E-state index in [1.54, 1.807) is 13.8 Å². The van der Waals surface area contributed by atoms with Gasteiger partial charge in [-0.1, -0.05) is 6.92 Å². The SMILES string of the molecule is CC(=O)OCC1(C)OC(O[C@@H]2C(C)O[C@@H](OC(C)=O)C(OC(C)=O)[C@H]2OC(C)=O)[C@@H](OC(C)=O)[C@@H](OC(C)=O)[C@@H]1C. The Morgan fingerprint density at radius 2 is 1.02 bits per heavy atom. The van der Waals surface area contributed by atoms with E-state index >= 15 is 0 Å². The summed E-state index contributed by atoms with van der Waals surface area (Å²) in [5.74, 6) is -5.09. The van der Waals surface area contributed by atoms with Gasteiger partial charge in [0.25, 0.3) is 0 Å².